The van der Waals surface area contributed by atoms with Gasteiger partial charge in [-0.1, -0.05) is 13.3 Å². The molecule has 0 radical (unpaired) electrons. The molecular formula is C9H18OS. The van der Waals surface area contributed by atoms with Gasteiger partial charge in [0.15, 0.2) is 0 Å². The molecular weight excluding hydrogens is 156 g/mol. The van der Waals surface area contributed by atoms with Gasteiger partial charge in [-0.3, -0.25) is 0 Å². The molecule has 1 nitrogen and oxygen atoms in total. The van der Waals surface area contributed by atoms with Gasteiger partial charge in [0.2, 0.25) is 0 Å². The quantitative estimate of drug-likeness (QED) is 0.606. The van der Waals surface area contributed by atoms with Gasteiger partial charge in [0.05, 0.1) is 6.10 Å². The molecule has 0 aromatic heterocycles. The van der Waals surface area contributed by atoms with Crippen molar-refractivity contribution in [3.8, 4) is 0 Å². The summed E-state index contributed by atoms with van der Waals surface area (Å²) in [5.74, 6) is 2.60. The van der Waals surface area contributed by atoms with Crippen LogP contribution >= 0.6 is 11.8 Å². The van der Waals surface area contributed by atoms with Crippen LogP contribution in [0.25, 0.3) is 0 Å². The van der Waals surface area contributed by atoms with Gasteiger partial charge in [-0.05, 0) is 30.8 Å². The zero-order valence-electron chi connectivity index (χ0n) is 7.34. The second kappa shape index (κ2) is 5.90. The molecule has 0 bridgehead atoms. The SMILES string of the molecule is CCCCOC1CCSCC1. The Hall–Kier alpha value is 0.310. The van der Waals surface area contributed by atoms with Gasteiger partial charge < -0.3 is 4.74 Å². The molecule has 0 aromatic carbocycles. The van der Waals surface area contributed by atoms with E-state index in [0.717, 1.165) is 6.61 Å². The van der Waals surface area contributed by atoms with Gasteiger partial charge in [-0.25, -0.2) is 0 Å². The number of thioether (sulfide) groups is 1. The highest BCUT2D eigenvalue weighted by atomic mass is 32.2. The topological polar surface area (TPSA) is 9.23 Å². The largest absolute Gasteiger partial charge is 0.378 e. The maximum Gasteiger partial charge on any atom is 0.0590 e. The summed E-state index contributed by atoms with van der Waals surface area (Å²) in [5, 5.41) is 0. The number of hydrogen-bond acceptors (Lipinski definition) is 2. The van der Waals surface area contributed by atoms with Crippen molar-refractivity contribution in [1.29, 1.82) is 0 Å². The molecule has 1 fully saturated rings. The first-order valence-electron chi connectivity index (χ1n) is 4.63. The van der Waals surface area contributed by atoms with Crippen molar-refractivity contribution in [2.75, 3.05) is 18.1 Å². The summed E-state index contributed by atoms with van der Waals surface area (Å²) in [5.41, 5.74) is 0. The summed E-state index contributed by atoms with van der Waals surface area (Å²) < 4.78 is 5.71. The Morgan fingerprint density at radius 2 is 2.09 bits per heavy atom. The first-order valence-corrected chi connectivity index (χ1v) is 5.78. The van der Waals surface area contributed by atoms with Gasteiger partial charge in [-0.2, -0.15) is 11.8 Å². The fourth-order valence-electron chi connectivity index (χ4n) is 1.24. The fraction of sp³-hybridized carbons (Fsp3) is 1.00. The van der Waals surface area contributed by atoms with Gasteiger partial charge in [0, 0.05) is 6.61 Å². The summed E-state index contributed by atoms with van der Waals surface area (Å²) in [4.78, 5) is 0. The first-order chi connectivity index (χ1) is 5.43. The van der Waals surface area contributed by atoms with Gasteiger partial charge in [0.25, 0.3) is 0 Å². The molecule has 0 atom stereocenters. The Bertz CT molecular complexity index is 89.6. The van der Waals surface area contributed by atoms with E-state index in [9.17, 15) is 0 Å². The van der Waals surface area contributed by atoms with E-state index >= 15 is 0 Å². The van der Waals surface area contributed by atoms with Gasteiger partial charge >= 0.3 is 0 Å². The van der Waals surface area contributed by atoms with E-state index < -0.39 is 0 Å². The lowest BCUT2D eigenvalue weighted by atomic mass is 10.2. The third-order valence-corrected chi connectivity index (χ3v) is 3.07. The van der Waals surface area contributed by atoms with Crippen LogP contribution in [-0.4, -0.2) is 24.2 Å². The van der Waals surface area contributed by atoms with Crippen LogP contribution in [0, 0.1) is 0 Å². The van der Waals surface area contributed by atoms with Crippen LogP contribution < -0.4 is 0 Å². The second-order valence-electron chi connectivity index (χ2n) is 3.04. The summed E-state index contributed by atoms with van der Waals surface area (Å²) in [6.45, 7) is 3.19. The highest BCUT2D eigenvalue weighted by Crippen LogP contribution is 2.19. The van der Waals surface area contributed by atoms with Gasteiger partial charge in [-0.15, -0.1) is 0 Å². The normalized spacial score (nSPS) is 20.5. The Morgan fingerprint density at radius 1 is 1.36 bits per heavy atom. The zero-order valence-corrected chi connectivity index (χ0v) is 8.16. The summed E-state index contributed by atoms with van der Waals surface area (Å²) in [6.07, 6.45) is 5.61. The third-order valence-electron chi connectivity index (χ3n) is 2.02. The van der Waals surface area contributed by atoms with Crippen LogP contribution in [0.2, 0.25) is 0 Å². The van der Waals surface area contributed by atoms with Crippen LogP contribution in [0.1, 0.15) is 32.6 Å². The van der Waals surface area contributed by atoms with E-state index in [1.165, 1.54) is 37.2 Å². The molecule has 0 amide bonds. The molecule has 2 heteroatoms. The third kappa shape index (κ3) is 4.02. The van der Waals surface area contributed by atoms with Crippen molar-refractivity contribution in [3.05, 3.63) is 0 Å². The second-order valence-corrected chi connectivity index (χ2v) is 4.26. The molecule has 0 saturated carbocycles. The van der Waals surface area contributed by atoms with E-state index in [0.29, 0.717) is 6.10 Å². The number of ether oxygens (including phenoxy) is 1. The highest BCUT2D eigenvalue weighted by molar-refractivity contribution is 7.99. The minimum atomic E-state index is 0.586. The lowest BCUT2D eigenvalue weighted by Crippen LogP contribution is -2.19. The van der Waals surface area contributed by atoms with Gasteiger partial charge in [0.1, 0.15) is 0 Å². The fourth-order valence-corrected chi connectivity index (χ4v) is 2.30. The summed E-state index contributed by atoms with van der Waals surface area (Å²) in [6, 6.07) is 0. The molecule has 1 saturated heterocycles. The van der Waals surface area contributed by atoms with Crippen LogP contribution in [0.3, 0.4) is 0 Å². The van der Waals surface area contributed by atoms with Crippen molar-refractivity contribution in [2.24, 2.45) is 0 Å². The number of hydrogen-bond donors (Lipinski definition) is 0. The van der Waals surface area contributed by atoms with E-state index in [4.69, 9.17) is 4.74 Å². The Balaban J connectivity index is 1.96. The predicted octanol–water partition coefficient (Wildman–Crippen LogP) is 2.70. The van der Waals surface area contributed by atoms with E-state index in [1.54, 1.807) is 0 Å². The van der Waals surface area contributed by atoms with Crippen LogP contribution in [0.4, 0.5) is 0 Å². The molecule has 1 heterocycles. The van der Waals surface area contributed by atoms with E-state index in [2.05, 4.69) is 18.7 Å². The zero-order chi connectivity index (χ0) is 7.94. The molecule has 11 heavy (non-hydrogen) atoms. The molecule has 66 valence electrons. The molecule has 0 N–H and O–H groups in total. The summed E-state index contributed by atoms with van der Waals surface area (Å²) in [7, 11) is 0. The highest BCUT2D eigenvalue weighted by Gasteiger charge is 2.12. The van der Waals surface area contributed by atoms with Crippen LogP contribution in [-0.2, 0) is 4.74 Å². The first kappa shape index (κ1) is 9.40. The van der Waals surface area contributed by atoms with Crippen molar-refractivity contribution < 1.29 is 4.74 Å². The van der Waals surface area contributed by atoms with Crippen molar-refractivity contribution in [1.82, 2.24) is 0 Å². The summed E-state index contributed by atoms with van der Waals surface area (Å²) >= 11 is 2.06. The lowest BCUT2D eigenvalue weighted by molar-refractivity contribution is 0.0463. The van der Waals surface area contributed by atoms with Crippen molar-refractivity contribution in [3.63, 3.8) is 0 Å². The molecule has 1 rings (SSSR count). The van der Waals surface area contributed by atoms with E-state index in [1.807, 2.05) is 0 Å². The number of unbranched alkanes of at least 4 members (excludes halogenated alkanes) is 1. The molecule has 1 aliphatic heterocycles. The molecule has 0 spiro atoms. The lowest BCUT2D eigenvalue weighted by Gasteiger charge is -2.21. The van der Waals surface area contributed by atoms with Crippen LogP contribution in [0.5, 0.6) is 0 Å². The molecule has 0 unspecified atom stereocenters. The maximum atomic E-state index is 5.71. The smallest absolute Gasteiger partial charge is 0.0590 e. The Labute approximate surface area is 73.9 Å². The average molecular weight is 174 g/mol. The average Bonchev–Trinajstić information content (AvgIpc) is 2.07. The maximum absolute atomic E-state index is 5.71. The molecule has 1 aliphatic rings. The number of rotatable bonds is 4. The Morgan fingerprint density at radius 3 is 2.73 bits per heavy atom. The molecule has 0 aromatic rings. The van der Waals surface area contributed by atoms with E-state index in [-0.39, 0.29) is 0 Å². The van der Waals surface area contributed by atoms with Crippen molar-refractivity contribution in [2.45, 2.75) is 38.7 Å². The minimum absolute atomic E-state index is 0.586. The molecule has 0 aliphatic carbocycles. The Kier molecular flexibility index (Phi) is 5.04. The monoisotopic (exact) mass is 174 g/mol. The minimum Gasteiger partial charge on any atom is -0.378 e. The standard InChI is InChI=1S/C9H18OS/c1-2-3-6-10-9-4-7-11-8-5-9/h9H,2-8H2,1H3. The van der Waals surface area contributed by atoms with Crippen LogP contribution in [0.15, 0.2) is 0 Å². The predicted molar refractivity (Wildman–Crippen MR) is 51.2 cm³/mol. The van der Waals surface area contributed by atoms with Crippen molar-refractivity contribution >= 4 is 11.8 Å².